The van der Waals surface area contributed by atoms with Gasteiger partial charge in [-0.3, -0.25) is 9.97 Å². The Labute approximate surface area is 114 Å². The molecular weight excluding hydrogens is 236 g/mol. The van der Waals surface area contributed by atoms with Crippen molar-refractivity contribution in [3.63, 3.8) is 0 Å². The third-order valence-electron chi connectivity index (χ3n) is 2.72. The molecule has 0 saturated heterocycles. The maximum absolute atomic E-state index is 5.39. The van der Waals surface area contributed by atoms with Crippen LogP contribution in [-0.2, 0) is 11.2 Å². The van der Waals surface area contributed by atoms with E-state index in [1.807, 2.05) is 31.2 Å². The van der Waals surface area contributed by atoms with Crippen molar-refractivity contribution in [1.29, 1.82) is 0 Å². The summed E-state index contributed by atoms with van der Waals surface area (Å²) in [5.74, 6) is 0. The van der Waals surface area contributed by atoms with Crippen LogP contribution in [0.15, 0.2) is 36.8 Å². The summed E-state index contributed by atoms with van der Waals surface area (Å²) < 4.78 is 5.39. The average Bonchev–Trinajstić information content (AvgIpc) is 2.48. The Kier molecular flexibility index (Phi) is 5.26. The van der Waals surface area contributed by atoms with Crippen LogP contribution in [-0.4, -0.2) is 23.2 Å². The summed E-state index contributed by atoms with van der Waals surface area (Å²) in [7, 11) is 0. The van der Waals surface area contributed by atoms with Crippen LogP contribution < -0.4 is 0 Å². The summed E-state index contributed by atoms with van der Waals surface area (Å²) in [6, 6.07) is 9.09. The minimum absolute atomic E-state index is 0.736. The molecule has 3 nitrogen and oxygen atoms in total. The molecule has 2 rings (SSSR count). The van der Waals surface area contributed by atoms with Gasteiger partial charge in [0.25, 0.3) is 0 Å². The highest BCUT2D eigenvalue weighted by Crippen LogP contribution is 2.13. The normalized spacial score (nSPS) is 11.0. The lowest BCUT2D eigenvalue weighted by atomic mass is 10.0. The molecule has 0 N–H and O–H groups in total. The zero-order valence-corrected chi connectivity index (χ0v) is 11.0. The molecule has 1 aromatic carbocycles. The molecule has 1 aromatic heterocycles. The molecule has 1 heterocycles. The molecule has 0 unspecified atom stereocenters. The Morgan fingerprint density at radius 3 is 3.05 bits per heavy atom. The van der Waals surface area contributed by atoms with E-state index in [9.17, 15) is 0 Å². The first kappa shape index (κ1) is 13.4. The molecule has 1 radical (unpaired) electrons. The number of hydrogen-bond donors (Lipinski definition) is 0. The summed E-state index contributed by atoms with van der Waals surface area (Å²) >= 11 is 0. The lowest BCUT2D eigenvalue weighted by Gasteiger charge is -2.05. The Bertz CT molecular complexity index is 523. The van der Waals surface area contributed by atoms with Crippen LogP contribution in [0, 0.1) is 6.07 Å². The van der Waals surface area contributed by atoms with Gasteiger partial charge < -0.3 is 4.74 Å². The molecule has 0 aliphatic carbocycles. The zero-order chi connectivity index (χ0) is 13.3. The van der Waals surface area contributed by atoms with Crippen molar-refractivity contribution in [2.45, 2.75) is 13.3 Å². The van der Waals surface area contributed by atoms with Gasteiger partial charge in [-0.2, -0.15) is 0 Å². The van der Waals surface area contributed by atoms with Crippen LogP contribution >= 0.6 is 0 Å². The van der Waals surface area contributed by atoms with Gasteiger partial charge in [-0.05, 0) is 36.6 Å². The summed E-state index contributed by atoms with van der Waals surface area (Å²) in [4.78, 5) is 8.26. The molecule has 97 valence electrons. The van der Waals surface area contributed by atoms with Crippen molar-refractivity contribution in [3.05, 3.63) is 59.7 Å². The first-order valence-corrected chi connectivity index (χ1v) is 6.41. The lowest BCUT2D eigenvalue weighted by molar-refractivity contribution is 0.151. The predicted molar refractivity (Wildman–Crippen MR) is 76.4 cm³/mol. The number of nitrogens with zero attached hydrogens (tertiary/aromatic N) is 2. The second kappa shape index (κ2) is 7.44. The molecule has 2 aromatic rings. The van der Waals surface area contributed by atoms with E-state index < -0.39 is 0 Å². The number of ether oxygens (including phenoxy) is 1. The van der Waals surface area contributed by atoms with E-state index in [0.717, 1.165) is 25.3 Å². The van der Waals surface area contributed by atoms with Gasteiger partial charge in [-0.1, -0.05) is 24.3 Å². The molecule has 0 atom stereocenters. The highest BCUT2D eigenvalue weighted by Gasteiger charge is 1.99. The molecule has 0 aliphatic heterocycles. The number of benzene rings is 1. The van der Waals surface area contributed by atoms with Gasteiger partial charge in [-0.15, -0.1) is 0 Å². The van der Waals surface area contributed by atoms with Crippen molar-refractivity contribution >= 4 is 12.2 Å². The molecule has 0 fully saturated rings. The third-order valence-corrected chi connectivity index (χ3v) is 2.72. The minimum Gasteiger partial charge on any atom is -0.381 e. The summed E-state index contributed by atoms with van der Waals surface area (Å²) in [6.07, 6.45) is 10.0. The van der Waals surface area contributed by atoms with Crippen molar-refractivity contribution < 1.29 is 4.74 Å². The second-order valence-electron chi connectivity index (χ2n) is 4.04. The van der Waals surface area contributed by atoms with Crippen LogP contribution in [0.2, 0.25) is 0 Å². The number of hydrogen-bond acceptors (Lipinski definition) is 3. The molecule has 3 heteroatoms. The Balaban J connectivity index is 2.09. The minimum atomic E-state index is 0.736. The summed E-state index contributed by atoms with van der Waals surface area (Å²) in [5.41, 5.74) is 3.26. The van der Waals surface area contributed by atoms with Gasteiger partial charge in [0.2, 0.25) is 0 Å². The van der Waals surface area contributed by atoms with Gasteiger partial charge in [0.05, 0.1) is 18.5 Å². The fourth-order valence-corrected chi connectivity index (χ4v) is 1.75. The van der Waals surface area contributed by atoms with Crippen LogP contribution in [0.1, 0.15) is 23.7 Å². The largest absolute Gasteiger partial charge is 0.381 e. The standard InChI is InChI=1S/C16H17N2O/c1-2-19-12-9-15-6-4-3-5-14(15)7-8-16-13-17-10-11-18-16/h3,5-8,10-11,13H,2,9,12H2,1H3. The van der Waals surface area contributed by atoms with E-state index in [4.69, 9.17) is 4.74 Å². The molecule has 0 spiro atoms. The second-order valence-corrected chi connectivity index (χ2v) is 4.04. The van der Waals surface area contributed by atoms with Crippen molar-refractivity contribution in [3.8, 4) is 0 Å². The quantitative estimate of drug-likeness (QED) is 0.742. The van der Waals surface area contributed by atoms with E-state index in [-0.39, 0.29) is 0 Å². The maximum Gasteiger partial charge on any atom is 0.0813 e. The van der Waals surface area contributed by atoms with E-state index in [1.165, 1.54) is 11.1 Å². The van der Waals surface area contributed by atoms with Crippen LogP contribution in [0.3, 0.4) is 0 Å². The van der Waals surface area contributed by atoms with E-state index >= 15 is 0 Å². The SMILES string of the molecule is CCOCCc1c[c]ccc1C=Cc1cnccn1. The lowest BCUT2D eigenvalue weighted by Crippen LogP contribution is -1.99. The van der Waals surface area contributed by atoms with E-state index in [2.05, 4.69) is 22.1 Å². The van der Waals surface area contributed by atoms with Crippen LogP contribution in [0.5, 0.6) is 0 Å². The van der Waals surface area contributed by atoms with E-state index in [0.29, 0.717) is 0 Å². The monoisotopic (exact) mass is 253 g/mol. The Hall–Kier alpha value is -2.00. The Morgan fingerprint density at radius 1 is 1.32 bits per heavy atom. The zero-order valence-electron chi connectivity index (χ0n) is 11.0. The van der Waals surface area contributed by atoms with Crippen molar-refractivity contribution in [2.75, 3.05) is 13.2 Å². The maximum atomic E-state index is 5.39. The van der Waals surface area contributed by atoms with Gasteiger partial charge in [0.1, 0.15) is 0 Å². The smallest absolute Gasteiger partial charge is 0.0813 e. The first-order valence-electron chi connectivity index (χ1n) is 6.41. The third kappa shape index (κ3) is 4.30. The summed E-state index contributed by atoms with van der Waals surface area (Å²) in [6.45, 7) is 3.49. The van der Waals surface area contributed by atoms with E-state index in [1.54, 1.807) is 18.6 Å². The first-order chi connectivity index (χ1) is 9.40. The molecule has 0 aliphatic rings. The Morgan fingerprint density at radius 2 is 2.26 bits per heavy atom. The molecule has 0 amide bonds. The number of aromatic nitrogens is 2. The molecular formula is C16H17N2O. The van der Waals surface area contributed by atoms with Gasteiger partial charge >= 0.3 is 0 Å². The van der Waals surface area contributed by atoms with Crippen molar-refractivity contribution in [1.82, 2.24) is 9.97 Å². The topological polar surface area (TPSA) is 35.0 Å². The highest BCUT2D eigenvalue weighted by atomic mass is 16.5. The molecule has 19 heavy (non-hydrogen) atoms. The molecule has 0 bridgehead atoms. The highest BCUT2D eigenvalue weighted by molar-refractivity contribution is 5.69. The van der Waals surface area contributed by atoms with Gasteiger partial charge in [0.15, 0.2) is 0 Å². The number of rotatable bonds is 6. The molecule has 0 saturated carbocycles. The van der Waals surface area contributed by atoms with Gasteiger partial charge in [-0.25, -0.2) is 0 Å². The fraction of sp³-hybridized carbons (Fsp3) is 0.250. The van der Waals surface area contributed by atoms with Gasteiger partial charge in [0, 0.05) is 19.0 Å². The summed E-state index contributed by atoms with van der Waals surface area (Å²) in [5, 5.41) is 0. The van der Waals surface area contributed by atoms with Crippen LogP contribution in [0.25, 0.3) is 12.2 Å². The van der Waals surface area contributed by atoms with Crippen LogP contribution in [0.4, 0.5) is 0 Å². The van der Waals surface area contributed by atoms with Crippen molar-refractivity contribution in [2.24, 2.45) is 0 Å². The average molecular weight is 253 g/mol. The fourth-order valence-electron chi connectivity index (χ4n) is 1.75. The predicted octanol–water partition coefficient (Wildman–Crippen LogP) is 3.03.